The van der Waals surface area contributed by atoms with Crippen molar-refractivity contribution in [1.29, 1.82) is 0 Å². The Morgan fingerprint density at radius 1 is 1.57 bits per heavy atom. The highest BCUT2D eigenvalue weighted by molar-refractivity contribution is 5.81. The molecule has 2 N–H and O–H groups in total. The van der Waals surface area contributed by atoms with Crippen LogP contribution >= 0.6 is 0 Å². The van der Waals surface area contributed by atoms with Crippen LogP contribution in [0.25, 0.3) is 0 Å². The molecule has 0 heterocycles. The third-order valence-corrected chi connectivity index (χ3v) is 1.80. The molecule has 76 valence electrons. The molecule has 1 aromatic carbocycles. The number of amidine groups is 1. The lowest BCUT2D eigenvalue weighted by atomic mass is 10.2. The van der Waals surface area contributed by atoms with Crippen LogP contribution < -0.4 is 10.5 Å². The standard InChI is InChI=1S/C10H13FN2O/c1-7-5-8(11)3-4-9(7)14-6-10(12)13-2/h3-5H,6H2,1-2H3,(H2,12,13). The third-order valence-electron chi connectivity index (χ3n) is 1.80. The molecule has 3 nitrogen and oxygen atoms in total. The van der Waals surface area contributed by atoms with E-state index in [1.807, 2.05) is 0 Å². The van der Waals surface area contributed by atoms with Gasteiger partial charge in [-0.15, -0.1) is 0 Å². The van der Waals surface area contributed by atoms with Crippen LogP contribution in [-0.2, 0) is 0 Å². The van der Waals surface area contributed by atoms with Gasteiger partial charge in [-0.2, -0.15) is 0 Å². The lowest BCUT2D eigenvalue weighted by Gasteiger charge is -2.07. The van der Waals surface area contributed by atoms with E-state index in [1.165, 1.54) is 12.1 Å². The summed E-state index contributed by atoms with van der Waals surface area (Å²) in [5, 5.41) is 0. The molecule has 0 amide bonds. The molecule has 4 heteroatoms. The average molecular weight is 196 g/mol. The van der Waals surface area contributed by atoms with E-state index in [4.69, 9.17) is 10.5 Å². The number of hydrogen-bond donors (Lipinski definition) is 1. The van der Waals surface area contributed by atoms with E-state index in [1.54, 1.807) is 20.0 Å². The summed E-state index contributed by atoms with van der Waals surface area (Å²) in [4.78, 5) is 3.75. The summed E-state index contributed by atoms with van der Waals surface area (Å²) in [5.41, 5.74) is 6.20. The molecular formula is C10H13FN2O. The zero-order chi connectivity index (χ0) is 10.6. The van der Waals surface area contributed by atoms with E-state index >= 15 is 0 Å². The molecule has 0 radical (unpaired) electrons. The molecule has 0 saturated heterocycles. The van der Waals surface area contributed by atoms with Crippen molar-refractivity contribution in [3.63, 3.8) is 0 Å². The van der Waals surface area contributed by atoms with Crippen molar-refractivity contribution in [3.05, 3.63) is 29.6 Å². The first-order valence-electron chi connectivity index (χ1n) is 4.23. The van der Waals surface area contributed by atoms with Gasteiger partial charge in [0.1, 0.15) is 24.0 Å². The van der Waals surface area contributed by atoms with E-state index in [9.17, 15) is 4.39 Å². The maximum absolute atomic E-state index is 12.7. The summed E-state index contributed by atoms with van der Waals surface area (Å²) in [6, 6.07) is 4.34. The maximum atomic E-state index is 12.7. The highest BCUT2D eigenvalue weighted by Crippen LogP contribution is 2.17. The number of rotatable bonds is 3. The van der Waals surface area contributed by atoms with Crippen molar-refractivity contribution in [2.75, 3.05) is 13.7 Å². The molecule has 1 rings (SSSR count). The molecule has 0 saturated carbocycles. The molecular weight excluding hydrogens is 183 g/mol. The van der Waals surface area contributed by atoms with Crippen molar-refractivity contribution < 1.29 is 9.13 Å². The quantitative estimate of drug-likeness (QED) is 0.588. The number of aryl methyl sites for hydroxylation is 1. The molecule has 0 bridgehead atoms. The Balaban J connectivity index is 2.68. The van der Waals surface area contributed by atoms with Gasteiger partial charge in [0.05, 0.1) is 0 Å². The topological polar surface area (TPSA) is 47.6 Å². The predicted molar refractivity (Wildman–Crippen MR) is 54.2 cm³/mol. The maximum Gasteiger partial charge on any atom is 0.145 e. The second-order valence-corrected chi connectivity index (χ2v) is 2.91. The number of hydrogen-bond acceptors (Lipinski definition) is 2. The van der Waals surface area contributed by atoms with Gasteiger partial charge < -0.3 is 10.5 Å². The van der Waals surface area contributed by atoms with Crippen LogP contribution in [0.15, 0.2) is 23.2 Å². The van der Waals surface area contributed by atoms with E-state index in [2.05, 4.69) is 4.99 Å². The summed E-state index contributed by atoms with van der Waals surface area (Å²) in [6.07, 6.45) is 0. The van der Waals surface area contributed by atoms with Gasteiger partial charge in [0, 0.05) is 7.05 Å². The van der Waals surface area contributed by atoms with Gasteiger partial charge in [0.15, 0.2) is 0 Å². The predicted octanol–water partition coefficient (Wildman–Crippen LogP) is 1.50. The van der Waals surface area contributed by atoms with E-state index < -0.39 is 0 Å². The summed E-state index contributed by atoms with van der Waals surface area (Å²) >= 11 is 0. The number of nitrogens with two attached hydrogens (primary N) is 1. The summed E-state index contributed by atoms with van der Waals surface area (Å²) in [5.74, 6) is 0.763. The van der Waals surface area contributed by atoms with E-state index in [0.29, 0.717) is 11.6 Å². The second-order valence-electron chi connectivity index (χ2n) is 2.91. The molecule has 0 aliphatic heterocycles. The number of aliphatic imine (C=N–C) groups is 1. The Labute approximate surface area is 82.4 Å². The van der Waals surface area contributed by atoms with Gasteiger partial charge in [-0.05, 0) is 30.7 Å². The monoisotopic (exact) mass is 196 g/mol. The lowest BCUT2D eigenvalue weighted by Crippen LogP contribution is -2.20. The molecule has 0 aromatic heterocycles. The van der Waals surface area contributed by atoms with Gasteiger partial charge in [-0.1, -0.05) is 0 Å². The van der Waals surface area contributed by atoms with Crippen molar-refractivity contribution in [2.24, 2.45) is 10.7 Å². The van der Waals surface area contributed by atoms with Gasteiger partial charge in [-0.3, -0.25) is 4.99 Å². The van der Waals surface area contributed by atoms with Gasteiger partial charge in [-0.25, -0.2) is 4.39 Å². The molecule has 0 spiro atoms. The second kappa shape index (κ2) is 4.60. The normalized spacial score (nSPS) is 11.5. The fourth-order valence-electron chi connectivity index (χ4n) is 0.991. The molecule has 0 aliphatic rings. The van der Waals surface area contributed by atoms with Crippen molar-refractivity contribution in [2.45, 2.75) is 6.92 Å². The zero-order valence-corrected chi connectivity index (χ0v) is 8.25. The molecule has 0 fully saturated rings. The van der Waals surface area contributed by atoms with E-state index in [-0.39, 0.29) is 12.4 Å². The lowest BCUT2D eigenvalue weighted by molar-refractivity contribution is 0.371. The Morgan fingerprint density at radius 3 is 2.86 bits per heavy atom. The first-order chi connectivity index (χ1) is 6.63. The third kappa shape index (κ3) is 2.73. The van der Waals surface area contributed by atoms with Gasteiger partial charge in [0.25, 0.3) is 0 Å². The highest BCUT2D eigenvalue weighted by atomic mass is 19.1. The fraction of sp³-hybridized carbons (Fsp3) is 0.300. The van der Waals surface area contributed by atoms with Gasteiger partial charge >= 0.3 is 0 Å². The van der Waals surface area contributed by atoms with Crippen molar-refractivity contribution in [3.8, 4) is 5.75 Å². The fourth-order valence-corrected chi connectivity index (χ4v) is 0.991. The van der Waals surface area contributed by atoms with Crippen molar-refractivity contribution in [1.82, 2.24) is 0 Å². The van der Waals surface area contributed by atoms with Crippen LogP contribution in [0, 0.1) is 12.7 Å². The minimum atomic E-state index is -0.271. The smallest absolute Gasteiger partial charge is 0.145 e. The first kappa shape index (κ1) is 10.5. The first-order valence-corrected chi connectivity index (χ1v) is 4.23. The van der Waals surface area contributed by atoms with Crippen LogP contribution in [0.4, 0.5) is 4.39 Å². The summed E-state index contributed by atoms with van der Waals surface area (Å²) in [6.45, 7) is 2.00. The van der Waals surface area contributed by atoms with Gasteiger partial charge in [0.2, 0.25) is 0 Å². The summed E-state index contributed by atoms with van der Waals surface area (Å²) in [7, 11) is 1.59. The molecule has 0 aliphatic carbocycles. The highest BCUT2D eigenvalue weighted by Gasteiger charge is 2.01. The molecule has 14 heavy (non-hydrogen) atoms. The minimum absolute atomic E-state index is 0.225. The Kier molecular flexibility index (Phi) is 3.45. The van der Waals surface area contributed by atoms with Crippen LogP contribution in [0.2, 0.25) is 0 Å². The largest absolute Gasteiger partial charge is 0.485 e. The molecule has 0 unspecified atom stereocenters. The van der Waals surface area contributed by atoms with Crippen LogP contribution in [0.3, 0.4) is 0 Å². The zero-order valence-electron chi connectivity index (χ0n) is 8.25. The SMILES string of the molecule is CN=C(N)COc1ccc(F)cc1C. The number of ether oxygens (including phenoxy) is 1. The number of halogens is 1. The Bertz CT molecular complexity index is 350. The number of benzene rings is 1. The Hall–Kier alpha value is -1.58. The molecule has 1 aromatic rings. The Morgan fingerprint density at radius 2 is 2.29 bits per heavy atom. The van der Waals surface area contributed by atoms with E-state index in [0.717, 1.165) is 5.56 Å². The van der Waals surface area contributed by atoms with Crippen LogP contribution in [-0.4, -0.2) is 19.5 Å². The summed E-state index contributed by atoms with van der Waals surface area (Å²) < 4.78 is 18.0. The van der Waals surface area contributed by atoms with Crippen LogP contribution in [0.5, 0.6) is 5.75 Å². The molecule has 0 atom stereocenters. The van der Waals surface area contributed by atoms with Crippen LogP contribution in [0.1, 0.15) is 5.56 Å². The average Bonchev–Trinajstić information content (AvgIpc) is 2.16. The minimum Gasteiger partial charge on any atom is -0.485 e. The van der Waals surface area contributed by atoms with Crippen molar-refractivity contribution >= 4 is 5.84 Å². The number of nitrogens with zero attached hydrogens (tertiary/aromatic N) is 1.